The summed E-state index contributed by atoms with van der Waals surface area (Å²) < 4.78 is 5.08. The van der Waals surface area contributed by atoms with Gasteiger partial charge < -0.3 is 10.1 Å². The maximum absolute atomic E-state index is 12.2. The zero-order valence-corrected chi connectivity index (χ0v) is 16.2. The van der Waals surface area contributed by atoms with E-state index in [1.165, 1.54) is 13.1 Å². The van der Waals surface area contributed by atoms with Gasteiger partial charge in [-0.3, -0.25) is 14.4 Å². The first kappa shape index (κ1) is 20.1. The van der Waals surface area contributed by atoms with Crippen molar-refractivity contribution in [3.05, 3.63) is 44.9 Å². The smallest absolute Gasteiger partial charge is 0.307 e. The van der Waals surface area contributed by atoms with E-state index in [9.17, 15) is 14.4 Å². The molecule has 0 bridgehead atoms. The van der Waals surface area contributed by atoms with E-state index in [2.05, 4.69) is 10.3 Å². The minimum Gasteiger partial charge on any atom is -0.453 e. The predicted molar refractivity (Wildman–Crippen MR) is 101 cm³/mol. The number of ether oxygens (including phenoxy) is 1. The highest BCUT2D eigenvalue weighted by molar-refractivity contribution is 7.12. The van der Waals surface area contributed by atoms with Crippen molar-refractivity contribution in [1.82, 2.24) is 4.98 Å². The Balaban J connectivity index is 1.83. The minimum absolute atomic E-state index is 0.0403. The molecular weight excluding hydrogens is 376 g/mol. The Bertz CT molecular complexity index is 834. The monoisotopic (exact) mass is 394 g/mol. The Kier molecular flexibility index (Phi) is 6.88. The molecule has 1 atom stereocenters. The number of aryl methyl sites for hydroxylation is 2. The van der Waals surface area contributed by atoms with Gasteiger partial charge in [0.15, 0.2) is 17.0 Å². The number of carbonyl (C=O) groups excluding carboxylic acids is 3. The van der Waals surface area contributed by atoms with Gasteiger partial charge in [0.25, 0.3) is 5.91 Å². The molecule has 0 aliphatic rings. The highest BCUT2D eigenvalue weighted by atomic mass is 35.5. The zero-order chi connectivity index (χ0) is 19.3. The van der Waals surface area contributed by atoms with Crippen LogP contribution in [0.15, 0.2) is 24.4 Å². The molecule has 26 heavy (non-hydrogen) atoms. The number of pyridine rings is 1. The number of esters is 1. The molecule has 2 aromatic heterocycles. The Morgan fingerprint density at radius 2 is 2.04 bits per heavy atom. The number of rotatable bonds is 7. The number of thiophene rings is 1. The first-order valence-electron chi connectivity index (χ1n) is 7.99. The van der Waals surface area contributed by atoms with Crippen LogP contribution in [0.2, 0.25) is 5.15 Å². The third kappa shape index (κ3) is 5.37. The standard InChI is InChI=1S/C18H19ClN2O4S/c1-10-9-13(12(3)26-10)15(22)6-7-16(23)25-11(2)18(24)21-14-5-4-8-20-17(14)19/h4-5,8-9,11H,6-7H2,1-3H3,(H,21,24). The summed E-state index contributed by atoms with van der Waals surface area (Å²) in [5.74, 6) is -1.24. The second-order valence-electron chi connectivity index (χ2n) is 5.71. The Morgan fingerprint density at radius 1 is 1.31 bits per heavy atom. The SMILES string of the molecule is Cc1cc(C(=O)CCC(=O)OC(C)C(=O)Nc2cccnc2Cl)c(C)s1. The van der Waals surface area contributed by atoms with Crippen molar-refractivity contribution in [2.45, 2.75) is 39.7 Å². The van der Waals surface area contributed by atoms with E-state index in [0.29, 0.717) is 11.3 Å². The molecule has 6 nitrogen and oxygen atoms in total. The lowest BCUT2D eigenvalue weighted by atomic mass is 10.1. The molecule has 0 aromatic carbocycles. The molecule has 0 fully saturated rings. The Labute approximate surface area is 160 Å². The Hall–Kier alpha value is -2.25. The predicted octanol–water partition coefficient (Wildman–Crippen LogP) is 3.95. The van der Waals surface area contributed by atoms with E-state index in [1.54, 1.807) is 23.5 Å². The molecule has 0 saturated heterocycles. The number of nitrogens with one attached hydrogen (secondary N) is 1. The van der Waals surface area contributed by atoms with Crippen LogP contribution in [-0.2, 0) is 14.3 Å². The van der Waals surface area contributed by atoms with E-state index in [4.69, 9.17) is 16.3 Å². The first-order chi connectivity index (χ1) is 12.3. The fraction of sp³-hybridized carbons (Fsp3) is 0.333. The average molecular weight is 395 g/mol. The molecule has 0 aliphatic heterocycles. The van der Waals surface area contributed by atoms with Crippen molar-refractivity contribution >= 4 is 46.3 Å². The molecule has 0 saturated carbocycles. The van der Waals surface area contributed by atoms with Gasteiger partial charge in [0.1, 0.15) is 0 Å². The van der Waals surface area contributed by atoms with E-state index in [-0.39, 0.29) is 23.8 Å². The molecule has 2 heterocycles. The second kappa shape index (κ2) is 8.91. The minimum atomic E-state index is -1.01. The van der Waals surface area contributed by atoms with Crippen molar-refractivity contribution in [2.24, 2.45) is 0 Å². The summed E-state index contributed by atoms with van der Waals surface area (Å²) in [4.78, 5) is 42.0. The van der Waals surface area contributed by atoms with Crippen molar-refractivity contribution in [1.29, 1.82) is 0 Å². The molecule has 2 aromatic rings. The molecule has 0 spiro atoms. The third-order valence-corrected chi connectivity index (χ3v) is 4.86. The van der Waals surface area contributed by atoms with E-state index in [0.717, 1.165) is 9.75 Å². The van der Waals surface area contributed by atoms with E-state index in [1.807, 2.05) is 19.9 Å². The van der Waals surface area contributed by atoms with Crippen molar-refractivity contribution < 1.29 is 19.1 Å². The summed E-state index contributed by atoms with van der Waals surface area (Å²) in [6.07, 6.45) is 0.436. The zero-order valence-electron chi connectivity index (χ0n) is 14.7. The van der Waals surface area contributed by atoms with Gasteiger partial charge in [-0.15, -0.1) is 11.3 Å². The number of anilines is 1. The number of amides is 1. The van der Waals surface area contributed by atoms with Gasteiger partial charge in [0.2, 0.25) is 0 Å². The van der Waals surface area contributed by atoms with Crippen molar-refractivity contribution in [3.8, 4) is 0 Å². The number of hydrogen-bond acceptors (Lipinski definition) is 6. The maximum Gasteiger partial charge on any atom is 0.307 e. The number of carbonyl (C=O) groups is 3. The molecule has 1 unspecified atom stereocenters. The van der Waals surface area contributed by atoms with Crippen LogP contribution in [0.25, 0.3) is 0 Å². The van der Waals surface area contributed by atoms with Crippen LogP contribution in [0, 0.1) is 13.8 Å². The Morgan fingerprint density at radius 3 is 2.65 bits per heavy atom. The highest BCUT2D eigenvalue weighted by Crippen LogP contribution is 2.22. The van der Waals surface area contributed by atoms with Gasteiger partial charge in [0, 0.05) is 27.9 Å². The molecule has 138 valence electrons. The summed E-state index contributed by atoms with van der Waals surface area (Å²) in [6, 6.07) is 5.03. The van der Waals surface area contributed by atoms with Crippen molar-refractivity contribution in [3.63, 3.8) is 0 Å². The number of aromatic nitrogens is 1. The average Bonchev–Trinajstić information content (AvgIpc) is 2.93. The van der Waals surface area contributed by atoms with E-state index >= 15 is 0 Å². The molecule has 1 amide bonds. The second-order valence-corrected chi connectivity index (χ2v) is 7.53. The maximum atomic E-state index is 12.2. The fourth-order valence-corrected chi connectivity index (χ4v) is 3.39. The molecule has 0 radical (unpaired) electrons. The van der Waals surface area contributed by atoms with E-state index < -0.39 is 18.0 Å². The molecule has 2 rings (SSSR count). The lowest BCUT2D eigenvalue weighted by molar-refractivity contribution is -0.153. The van der Waals surface area contributed by atoms with Gasteiger partial charge in [-0.1, -0.05) is 11.6 Å². The summed E-state index contributed by atoms with van der Waals surface area (Å²) in [5.41, 5.74) is 0.970. The van der Waals surface area contributed by atoms with Crippen LogP contribution in [0.5, 0.6) is 0 Å². The van der Waals surface area contributed by atoms with Crippen LogP contribution in [-0.4, -0.2) is 28.7 Å². The van der Waals surface area contributed by atoms with Gasteiger partial charge in [-0.2, -0.15) is 0 Å². The summed E-state index contributed by atoms with van der Waals surface area (Å²) in [7, 11) is 0. The number of ketones is 1. The first-order valence-corrected chi connectivity index (χ1v) is 9.18. The highest BCUT2D eigenvalue weighted by Gasteiger charge is 2.20. The van der Waals surface area contributed by atoms with Crippen molar-refractivity contribution in [2.75, 3.05) is 5.32 Å². The van der Waals surface area contributed by atoms with Crippen LogP contribution >= 0.6 is 22.9 Å². The van der Waals surface area contributed by atoms with Crippen LogP contribution < -0.4 is 5.32 Å². The molecule has 1 N–H and O–H groups in total. The molecule has 0 aliphatic carbocycles. The summed E-state index contributed by atoms with van der Waals surface area (Å²) >= 11 is 7.41. The quantitative estimate of drug-likeness (QED) is 0.436. The normalized spacial score (nSPS) is 11.7. The lowest BCUT2D eigenvalue weighted by Gasteiger charge is -2.13. The van der Waals surface area contributed by atoms with Gasteiger partial charge in [-0.25, -0.2) is 4.98 Å². The number of hydrogen-bond donors (Lipinski definition) is 1. The van der Waals surface area contributed by atoms with Gasteiger partial charge in [-0.05, 0) is 39.0 Å². The largest absolute Gasteiger partial charge is 0.453 e. The number of halogens is 1. The topological polar surface area (TPSA) is 85.4 Å². The molecule has 8 heteroatoms. The summed E-state index contributed by atoms with van der Waals surface area (Å²) in [6.45, 7) is 5.25. The number of Topliss-reactive ketones (excluding diaryl/α,β-unsaturated/α-hetero) is 1. The van der Waals surface area contributed by atoms with Gasteiger partial charge >= 0.3 is 5.97 Å². The van der Waals surface area contributed by atoms with Crippen LogP contribution in [0.4, 0.5) is 5.69 Å². The van der Waals surface area contributed by atoms with Crippen LogP contribution in [0.3, 0.4) is 0 Å². The number of nitrogens with zero attached hydrogens (tertiary/aromatic N) is 1. The fourth-order valence-electron chi connectivity index (χ4n) is 2.28. The van der Waals surface area contributed by atoms with Crippen LogP contribution in [0.1, 0.15) is 39.9 Å². The lowest BCUT2D eigenvalue weighted by Crippen LogP contribution is -2.30. The molecular formula is C18H19ClN2O4S. The van der Waals surface area contributed by atoms with Gasteiger partial charge in [0.05, 0.1) is 12.1 Å². The summed E-state index contributed by atoms with van der Waals surface area (Å²) in [5, 5.41) is 2.68. The third-order valence-electron chi connectivity index (χ3n) is 3.59.